The lowest BCUT2D eigenvalue weighted by molar-refractivity contribution is 0.824. The van der Waals surface area contributed by atoms with Gasteiger partial charge in [-0.05, 0) is 6.92 Å². The minimum atomic E-state index is 0. The topological polar surface area (TPSA) is 60.2 Å². The summed E-state index contributed by atoms with van der Waals surface area (Å²) in [6.07, 6.45) is 2.84. The van der Waals surface area contributed by atoms with Gasteiger partial charge in [0.25, 0.3) is 0 Å². The van der Waals surface area contributed by atoms with Gasteiger partial charge in [0.15, 0.2) is 0 Å². The molecule has 0 aliphatic heterocycles. The Morgan fingerprint density at radius 2 is 2.33 bits per heavy atom. The number of aromatic amines is 1. The average molecular weight is 128 g/mol. The maximum atomic E-state index is 4.08. The first kappa shape index (κ1) is 8.17. The van der Waals surface area contributed by atoms with Crippen LogP contribution in [0.15, 0.2) is 6.20 Å². The Kier molecular flexibility index (Phi) is 2.95. The summed E-state index contributed by atoms with van der Waals surface area (Å²) in [7, 11) is 0. The number of imidazole rings is 1. The fourth-order valence-corrected chi connectivity index (χ4v) is 0.647. The minimum absolute atomic E-state index is 0. The van der Waals surface area contributed by atoms with Gasteiger partial charge in [-0.15, -0.1) is 0 Å². The van der Waals surface area contributed by atoms with E-state index >= 15 is 0 Å². The van der Waals surface area contributed by atoms with Gasteiger partial charge < -0.3 is 10.5 Å². The summed E-state index contributed by atoms with van der Waals surface area (Å²) < 4.78 is 0. The number of hydrogen-bond acceptors (Lipinski definition) is 1. The van der Waals surface area contributed by atoms with Gasteiger partial charge in [0.1, 0.15) is 5.82 Å². The summed E-state index contributed by atoms with van der Waals surface area (Å²) in [6, 6.07) is 0. The molecular weight excluding hydrogens is 116 g/mol. The van der Waals surface area contributed by atoms with Crippen molar-refractivity contribution in [3.8, 4) is 0 Å². The second-order valence-corrected chi connectivity index (χ2v) is 1.87. The summed E-state index contributed by atoms with van der Waals surface area (Å²) in [5, 5.41) is 0. The van der Waals surface area contributed by atoms with E-state index < -0.39 is 0 Å². The molecule has 1 heterocycles. The zero-order chi connectivity index (χ0) is 5.98. The second-order valence-electron chi connectivity index (χ2n) is 1.87. The molecule has 0 saturated heterocycles. The van der Waals surface area contributed by atoms with Crippen molar-refractivity contribution < 1.29 is 5.48 Å². The summed E-state index contributed by atoms with van der Waals surface area (Å²) in [5.41, 5.74) is 1.14. The van der Waals surface area contributed by atoms with Crippen molar-refractivity contribution >= 4 is 0 Å². The van der Waals surface area contributed by atoms with Crippen LogP contribution in [0.4, 0.5) is 0 Å². The smallest absolute Gasteiger partial charge is 0.105 e. The molecule has 0 aliphatic carbocycles. The molecule has 0 spiro atoms. The first-order valence-corrected chi connectivity index (χ1v) is 2.83. The summed E-state index contributed by atoms with van der Waals surface area (Å²) in [6.45, 7) is 4.09. The molecule has 1 rings (SSSR count). The predicted molar refractivity (Wildman–Crippen MR) is 36.3 cm³/mol. The predicted octanol–water partition coefficient (Wildman–Crippen LogP) is 0.456. The maximum absolute atomic E-state index is 4.08. The zero-order valence-corrected chi connectivity index (χ0v) is 5.73. The van der Waals surface area contributed by atoms with Crippen LogP contribution in [0.1, 0.15) is 18.4 Å². The Labute approximate surface area is 54.4 Å². The van der Waals surface area contributed by atoms with Crippen molar-refractivity contribution in [1.29, 1.82) is 0 Å². The van der Waals surface area contributed by atoms with Crippen molar-refractivity contribution in [2.45, 2.75) is 20.3 Å². The summed E-state index contributed by atoms with van der Waals surface area (Å²) in [5.74, 6) is 1.07. The number of H-pyrrole nitrogens is 1. The normalized spacial score (nSPS) is 8.67. The lowest BCUT2D eigenvalue weighted by Gasteiger charge is -1.82. The molecule has 0 amide bonds. The van der Waals surface area contributed by atoms with E-state index in [0.29, 0.717) is 0 Å². The molecule has 1 aromatic heterocycles. The SMILES string of the molecule is CCc1ncc(C)[nH]1.O. The Bertz CT molecular complexity index is 171. The van der Waals surface area contributed by atoms with Crippen LogP contribution in [0.25, 0.3) is 0 Å². The van der Waals surface area contributed by atoms with E-state index in [-0.39, 0.29) is 5.48 Å². The molecule has 3 nitrogen and oxygen atoms in total. The van der Waals surface area contributed by atoms with Crippen LogP contribution in [-0.4, -0.2) is 15.4 Å². The molecular formula is C6H12N2O. The molecule has 3 N–H and O–H groups in total. The van der Waals surface area contributed by atoms with Gasteiger partial charge in [-0.1, -0.05) is 6.92 Å². The molecule has 0 saturated carbocycles. The number of aromatic nitrogens is 2. The van der Waals surface area contributed by atoms with Gasteiger partial charge in [-0.2, -0.15) is 0 Å². The lowest BCUT2D eigenvalue weighted by Crippen LogP contribution is -1.80. The van der Waals surface area contributed by atoms with E-state index in [1.807, 2.05) is 13.1 Å². The molecule has 1 aromatic rings. The van der Waals surface area contributed by atoms with E-state index in [1.165, 1.54) is 0 Å². The quantitative estimate of drug-likeness (QED) is 0.586. The Morgan fingerprint density at radius 3 is 2.56 bits per heavy atom. The fraction of sp³-hybridized carbons (Fsp3) is 0.500. The highest BCUT2D eigenvalue weighted by Gasteiger charge is 1.89. The van der Waals surface area contributed by atoms with Gasteiger partial charge in [0.2, 0.25) is 0 Å². The first-order chi connectivity index (χ1) is 3.83. The maximum Gasteiger partial charge on any atom is 0.105 e. The standard InChI is InChI=1S/C6H10N2.H2O/c1-3-6-7-4-5(2)8-6;/h4H,3H2,1-2H3,(H,7,8);1H2. The summed E-state index contributed by atoms with van der Waals surface area (Å²) >= 11 is 0. The molecule has 0 fully saturated rings. The molecule has 3 heteroatoms. The van der Waals surface area contributed by atoms with Crippen LogP contribution in [0.3, 0.4) is 0 Å². The van der Waals surface area contributed by atoms with E-state index in [1.54, 1.807) is 0 Å². The highest BCUT2D eigenvalue weighted by Crippen LogP contribution is 1.93. The van der Waals surface area contributed by atoms with Crippen LogP contribution in [0.2, 0.25) is 0 Å². The molecule has 0 radical (unpaired) electrons. The third kappa shape index (κ3) is 1.85. The molecule has 0 unspecified atom stereocenters. The van der Waals surface area contributed by atoms with E-state index in [9.17, 15) is 0 Å². The lowest BCUT2D eigenvalue weighted by atomic mass is 10.5. The van der Waals surface area contributed by atoms with Crippen molar-refractivity contribution in [2.75, 3.05) is 0 Å². The van der Waals surface area contributed by atoms with Gasteiger partial charge in [0, 0.05) is 18.3 Å². The number of aryl methyl sites for hydroxylation is 2. The first-order valence-electron chi connectivity index (χ1n) is 2.83. The number of nitrogens with zero attached hydrogens (tertiary/aromatic N) is 1. The molecule has 9 heavy (non-hydrogen) atoms. The van der Waals surface area contributed by atoms with Gasteiger partial charge in [-0.3, -0.25) is 0 Å². The monoisotopic (exact) mass is 128 g/mol. The number of hydrogen-bond donors (Lipinski definition) is 1. The minimum Gasteiger partial charge on any atom is -0.412 e. The molecule has 52 valence electrons. The number of nitrogens with one attached hydrogen (secondary N) is 1. The fourth-order valence-electron chi connectivity index (χ4n) is 0.647. The van der Waals surface area contributed by atoms with Crippen LogP contribution in [0.5, 0.6) is 0 Å². The molecule has 0 bridgehead atoms. The van der Waals surface area contributed by atoms with Crippen LogP contribution in [-0.2, 0) is 6.42 Å². The second kappa shape index (κ2) is 3.25. The van der Waals surface area contributed by atoms with Gasteiger partial charge >= 0.3 is 0 Å². The average Bonchev–Trinajstić information content (AvgIpc) is 2.14. The Balaban J connectivity index is 0.000000640. The zero-order valence-electron chi connectivity index (χ0n) is 5.73. The third-order valence-corrected chi connectivity index (χ3v) is 1.09. The van der Waals surface area contributed by atoms with Crippen LogP contribution >= 0.6 is 0 Å². The molecule has 0 aromatic carbocycles. The highest BCUT2D eigenvalue weighted by atomic mass is 16.0. The van der Waals surface area contributed by atoms with E-state index in [2.05, 4.69) is 16.9 Å². The molecule has 0 aliphatic rings. The third-order valence-electron chi connectivity index (χ3n) is 1.09. The van der Waals surface area contributed by atoms with Crippen molar-refractivity contribution in [3.63, 3.8) is 0 Å². The Hall–Kier alpha value is -0.830. The van der Waals surface area contributed by atoms with Crippen LogP contribution in [0, 0.1) is 6.92 Å². The summed E-state index contributed by atoms with van der Waals surface area (Å²) in [4.78, 5) is 7.19. The van der Waals surface area contributed by atoms with Crippen molar-refractivity contribution in [3.05, 3.63) is 17.7 Å². The van der Waals surface area contributed by atoms with Crippen molar-refractivity contribution in [2.24, 2.45) is 0 Å². The van der Waals surface area contributed by atoms with Crippen molar-refractivity contribution in [1.82, 2.24) is 9.97 Å². The van der Waals surface area contributed by atoms with Gasteiger partial charge in [-0.25, -0.2) is 4.98 Å². The molecule has 0 atom stereocenters. The Morgan fingerprint density at radius 1 is 1.67 bits per heavy atom. The van der Waals surface area contributed by atoms with Crippen LogP contribution < -0.4 is 0 Å². The number of rotatable bonds is 1. The van der Waals surface area contributed by atoms with E-state index in [4.69, 9.17) is 0 Å². The largest absolute Gasteiger partial charge is 0.412 e. The van der Waals surface area contributed by atoms with E-state index in [0.717, 1.165) is 17.9 Å². The van der Waals surface area contributed by atoms with Gasteiger partial charge in [0.05, 0.1) is 0 Å². The highest BCUT2D eigenvalue weighted by molar-refractivity contribution is 4.97.